The first-order valence-electron chi connectivity index (χ1n) is 8.11. The van der Waals surface area contributed by atoms with E-state index >= 15 is 0 Å². The van der Waals surface area contributed by atoms with E-state index in [0.717, 1.165) is 17.3 Å². The summed E-state index contributed by atoms with van der Waals surface area (Å²) >= 11 is 5.97. The molecule has 9 heteroatoms. The fourth-order valence-electron chi connectivity index (χ4n) is 3.29. The number of sulfonamides is 1. The summed E-state index contributed by atoms with van der Waals surface area (Å²) in [5, 5.41) is 9.19. The Morgan fingerprint density at radius 2 is 1.88 bits per heavy atom. The first kappa shape index (κ1) is 18.3. The Kier molecular flexibility index (Phi) is 5.15. The van der Waals surface area contributed by atoms with Crippen molar-refractivity contribution in [3.8, 4) is 5.69 Å². The maximum absolute atomic E-state index is 11.8. The molecular formula is C16H22ClN5O2S. The van der Waals surface area contributed by atoms with Gasteiger partial charge >= 0.3 is 0 Å². The van der Waals surface area contributed by atoms with Gasteiger partial charge in [0.25, 0.3) is 0 Å². The molecule has 0 spiro atoms. The van der Waals surface area contributed by atoms with Crippen molar-refractivity contribution in [2.24, 2.45) is 0 Å². The summed E-state index contributed by atoms with van der Waals surface area (Å²) in [6, 6.07) is 7.50. The fraction of sp³-hybridized carbons (Fsp3) is 0.500. The maximum atomic E-state index is 11.8. The number of rotatable bonds is 4. The highest BCUT2D eigenvalue weighted by atomic mass is 35.5. The van der Waals surface area contributed by atoms with Crippen LogP contribution in [-0.4, -0.2) is 64.3 Å². The second kappa shape index (κ2) is 7.03. The van der Waals surface area contributed by atoms with Crippen molar-refractivity contribution in [2.45, 2.75) is 26.4 Å². The van der Waals surface area contributed by atoms with Gasteiger partial charge in [0.1, 0.15) is 5.82 Å². The third kappa shape index (κ3) is 4.03. The third-order valence-corrected chi connectivity index (χ3v) is 6.06. The minimum absolute atomic E-state index is 0.0586. The monoisotopic (exact) mass is 383 g/mol. The number of piperazine rings is 1. The van der Waals surface area contributed by atoms with Crippen LogP contribution in [0.15, 0.2) is 24.3 Å². The molecule has 3 rings (SSSR count). The van der Waals surface area contributed by atoms with Gasteiger partial charge in [-0.25, -0.2) is 8.42 Å². The lowest BCUT2D eigenvalue weighted by Gasteiger charge is -2.38. The van der Waals surface area contributed by atoms with Crippen LogP contribution in [-0.2, 0) is 16.6 Å². The molecule has 1 saturated heterocycles. The van der Waals surface area contributed by atoms with Crippen LogP contribution in [0.4, 0.5) is 0 Å². The maximum Gasteiger partial charge on any atom is 0.211 e. The van der Waals surface area contributed by atoms with Crippen molar-refractivity contribution < 1.29 is 8.42 Å². The molecule has 0 saturated carbocycles. The van der Waals surface area contributed by atoms with E-state index in [1.807, 2.05) is 42.7 Å². The summed E-state index contributed by atoms with van der Waals surface area (Å²) < 4.78 is 27.2. The van der Waals surface area contributed by atoms with E-state index in [2.05, 4.69) is 15.1 Å². The van der Waals surface area contributed by atoms with Crippen LogP contribution in [0.1, 0.15) is 18.6 Å². The molecule has 0 radical (unpaired) electrons. The number of hydrogen-bond donors (Lipinski definition) is 0. The van der Waals surface area contributed by atoms with Crippen LogP contribution in [0, 0.1) is 6.92 Å². The number of benzene rings is 1. The van der Waals surface area contributed by atoms with Gasteiger partial charge in [-0.2, -0.15) is 4.31 Å². The molecular weight excluding hydrogens is 362 g/mol. The lowest BCUT2D eigenvalue weighted by molar-refractivity contribution is 0.135. The molecule has 1 aromatic heterocycles. The average Bonchev–Trinajstić information content (AvgIpc) is 2.88. The first-order valence-corrected chi connectivity index (χ1v) is 10.3. The van der Waals surface area contributed by atoms with Crippen LogP contribution in [0.3, 0.4) is 0 Å². The molecule has 1 atom stereocenters. The second-order valence-electron chi connectivity index (χ2n) is 6.43. The van der Waals surface area contributed by atoms with Crippen LogP contribution in [0.25, 0.3) is 5.69 Å². The van der Waals surface area contributed by atoms with Gasteiger partial charge in [0, 0.05) is 36.4 Å². The molecule has 1 unspecified atom stereocenters. The number of aryl methyl sites for hydroxylation is 1. The van der Waals surface area contributed by atoms with Gasteiger partial charge in [-0.1, -0.05) is 11.6 Å². The summed E-state index contributed by atoms with van der Waals surface area (Å²) in [6.07, 6.45) is 1.26. The number of nitrogens with zero attached hydrogens (tertiary/aromatic N) is 5. The van der Waals surface area contributed by atoms with Crippen molar-refractivity contribution in [3.05, 3.63) is 40.9 Å². The van der Waals surface area contributed by atoms with Crippen LogP contribution < -0.4 is 0 Å². The summed E-state index contributed by atoms with van der Waals surface area (Å²) in [6.45, 7) is 6.29. The highest BCUT2D eigenvalue weighted by molar-refractivity contribution is 7.88. The molecule has 0 aliphatic carbocycles. The Morgan fingerprint density at radius 3 is 2.48 bits per heavy atom. The van der Waals surface area contributed by atoms with Gasteiger partial charge in [-0.05, 0) is 38.1 Å². The lowest BCUT2D eigenvalue weighted by atomic mass is 10.2. The SMILES string of the molecule is Cc1nnc(CN2CCN(S(C)(=O)=O)C(C)C2)n1-c1ccc(Cl)cc1. The first-order chi connectivity index (χ1) is 11.8. The van der Waals surface area contributed by atoms with E-state index in [9.17, 15) is 8.42 Å². The summed E-state index contributed by atoms with van der Waals surface area (Å²) in [5.74, 6) is 1.64. The topological polar surface area (TPSA) is 71.3 Å². The molecule has 7 nitrogen and oxygen atoms in total. The van der Waals surface area contributed by atoms with Crippen molar-refractivity contribution in [2.75, 3.05) is 25.9 Å². The van der Waals surface area contributed by atoms with E-state index in [0.29, 0.717) is 31.2 Å². The molecule has 1 aliphatic heterocycles. The molecule has 1 aromatic carbocycles. The zero-order valence-electron chi connectivity index (χ0n) is 14.6. The van der Waals surface area contributed by atoms with Gasteiger partial charge in [-0.15, -0.1) is 10.2 Å². The molecule has 0 amide bonds. The van der Waals surface area contributed by atoms with Crippen LogP contribution in [0.5, 0.6) is 0 Å². The highest BCUT2D eigenvalue weighted by Crippen LogP contribution is 2.19. The number of halogens is 1. The van der Waals surface area contributed by atoms with E-state index in [4.69, 9.17) is 11.6 Å². The number of hydrogen-bond acceptors (Lipinski definition) is 5. The minimum atomic E-state index is -3.16. The Morgan fingerprint density at radius 1 is 1.20 bits per heavy atom. The van der Waals surface area contributed by atoms with E-state index < -0.39 is 10.0 Å². The molecule has 0 N–H and O–H groups in total. The van der Waals surface area contributed by atoms with Crippen molar-refractivity contribution in [3.63, 3.8) is 0 Å². The molecule has 2 heterocycles. The van der Waals surface area contributed by atoms with Crippen LogP contribution >= 0.6 is 11.6 Å². The van der Waals surface area contributed by atoms with Gasteiger partial charge in [0.15, 0.2) is 5.82 Å². The minimum Gasteiger partial charge on any atom is -0.293 e. The van der Waals surface area contributed by atoms with Crippen molar-refractivity contribution >= 4 is 21.6 Å². The van der Waals surface area contributed by atoms with Gasteiger partial charge in [0.05, 0.1) is 12.8 Å². The van der Waals surface area contributed by atoms with Gasteiger partial charge < -0.3 is 0 Å². The Bertz CT molecular complexity index is 850. The molecule has 1 fully saturated rings. The predicted octanol–water partition coefficient (Wildman–Crippen LogP) is 1.69. The molecule has 1 aliphatic rings. The Balaban J connectivity index is 1.78. The predicted molar refractivity (Wildman–Crippen MR) is 97.4 cm³/mol. The summed E-state index contributed by atoms with van der Waals surface area (Å²) in [7, 11) is -3.16. The second-order valence-corrected chi connectivity index (χ2v) is 8.80. The summed E-state index contributed by atoms with van der Waals surface area (Å²) in [4.78, 5) is 2.21. The molecule has 2 aromatic rings. The van der Waals surface area contributed by atoms with E-state index in [1.165, 1.54) is 6.26 Å². The zero-order chi connectivity index (χ0) is 18.2. The molecule has 0 bridgehead atoms. The lowest BCUT2D eigenvalue weighted by Crippen LogP contribution is -2.53. The smallest absolute Gasteiger partial charge is 0.211 e. The van der Waals surface area contributed by atoms with Crippen LogP contribution in [0.2, 0.25) is 5.02 Å². The highest BCUT2D eigenvalue weighted by Gasteiger charge is 2.30. The quantitative estimate of drug-likeness (QED) is 0.803. The van der Waals surface area contributed by atoms with Crippen molar-refractivity contribution in [1.29, 1.82) is 0 Å². The normalized spacial score (nSPS) is 20.1. The average molecular weight is 384 g/mol. The van der Waals surface area contributed by atoms with Gasteiger partial charge in [0.2, 0.25) is 10.0 Å². The Labute approximate surface area is 153 Å². The Hall–Kier alpha value is -1.48. The third-order valence-electron chi connectivity index (χ3n) is 4.42. The molecule has 136 valence electrons. The van der Waals surface area contributed by atoms with Crippen molar-refractivity contribution in [1.82, 2.24) is 24.0 Å². The zero-order valence-corrected chi connectivity index (χ0v) is 16.1. The fourth-order valence-corrected chi connectivity index (χ4v) is 4.55. The van der Waals surface area contributed by atoms with E-state index in [1.54, 1.807) is 4.31 Å². The molecule has 25 heavy (non-hydrogen) atoms. The standard InChI is InChI=1S/C16H22ClN5O2S/c1-12-10-20(8-9-21(12)25(3,23)24)11-16-19-18-13(2)22(16)15-6-4-14(17)5-7-15/h4-7,12H,8-11H2,1-3H3. The number of aromatic nitrogens is 3. The van der Waals surface area contributed by atoms with E-state index in [-0.39, 0.29) is 6.04 Å². The largest absolute Gasteiger partial charge is 0.293 e. The van der Waals surface area contributed by atoms with Gasteiger partial charge in [-0.3, -0.25) is 9.47 Å². The summed E-state index contributed by atoms with van der Waals surface area (Å²) in [5.41, 5.74) is 0.963.